The van der Waals surface area contributed by atoms with Crippen LogP contribution in [-0.2, 0) is 4.79 Å². The molecule has 0 saturated heterocycles. The number of hydrogen-bond donors (Lipinski definition) is 2. The molecule has 0 unspecified atom stereocenters. The normalized spacial score (nSPS) is 10.2. The molecule has 0 aromatic heterocycles. The number of rotatable bonds is 10. The maximum absolute atomic E-state index is 12.3. The van der Waals surface area contributed by atoms with Gasteiger partial charge in [-0.1, -0.05) is 30.3 Å². The molecular formula is C25H27N3O4. The van der Waals surface area contributed by atoms with Gasteiger partial charge in [-0.3, -0.25) is 9.59 Å². The standard InChI is InChI=1S/C25H27N3O4/c1-28(2)25(30)19-8-6-10-21(16-19)27-24(29)18-26-20-9-7-13-23(17-20)32-15-14-31-22-11-4-3-5-12-22/h3-13,16-17,26H,14-15,18H2,1-2H3,(H,27,29). The van der Waals surface area contributed by atoms with Crippen molar-refractivity contribution >= 4 is 23.2 Å². The molecule has 7 heteroatoms. The van der Waals surface area contributed by atoms with E-state index in [1.54, 1.807) is 38.4 Å². The van der Waals surface area contributed by atoms with Crippen molar-refractivity contribution in [1.29, 1.82) is 0 Å². The van der Waals surface area contributed by atoms with Gasteiger partial charge in [-0.2, -0.15) is 0 Å². The molecule has 166 valence electrons. The van der Waals surface area contributed by atoms with E-state index in [0.29, 0.717) is 30.2 Å². The molecule has 0 saturated carbocycles. The molecule has 2 N–H and O–H groups in total. The fourth-order valence-corrected chi connectivity index (χ4v) is 2.91. The van der Waals surface area contributed by atoms with Gasteiger partial charge in [-0.15, -0.1) is 0 Å². The molecule has 0 spiro atoms. The fraction of sp³-hybridized carbons (Fsp3) is 0.200. The van der Waals surface area contributed by atoms with Gasteiger partial charge in [-0.25, -0.2) is 0 Å². The quantitative estimate of drug-likeness (QED) is 0.474. The maximum Gasteiger partial charge on any atom is 0.253 e. The number of amides is 2. The first kappa shape index (κ1) is 22.7. The Morgan fingerprint density at radius 2 is 1.44 bits per heavy atom. The molecule has 0 aliphatic carbocycles. The maximum atomic E-state index is 12.3. The van der Waals surface area contributed by atoms with Crippen molar-refractivity contribution in [3.63, 3.8) is 0 Å². The molecule has 3 rings (SSSR count). The lowest BCUT2D eigenvalue weighted by atomic mass is 10.2. The van der Waals surface area contributed by atoms with Crippen LogP contribution in [0.3, 0.4) is 0 Å². The Morgan fingerprint density at radius 3 is 2.19 bits per heavy atom. The van der Waals surface area contributed by atoms with E-state index >= 15 is 0 Å². The summed E-state index contributed by atoms with van der Waals surface area (Å²) in [6, 6.07) is 23.8. The van der Waals surface area contributed by atoms with Crippen molar-refractivity contribution in [1.82, 2.24) is 4.90 Å². The molecule has 0 fully saturated rings. The Labute approximate surface area is 188 Å². The second-order valence-corrected chi connectivity index (χ2v) is 7.22. The third-order valence-corrected chi connectivity index (χ3v) is 4.45. The van der Waals surface area contributed by atoms with Crippen LogP contribution in [0.15, 0.2) is 78.9 Å². The van der Waals surface area contributed by atoms with Gasteiger partial charge in [0.25, 0.3) is 5.91 Å². The first-order valence-electron chi connectivity index (χ1n) is 10.3. The van der Waals surface area contributed by atoms with Crippen molar-refractivity contribution in [3.05, 3.63) is 84.4 Å². The van der Waals surface area contributed by atoms with Crippen molar-refractivity contribution in [3.8, 4) is 11.5 Å². The Bertz CT molecular complexity index is 1040. The van der Waals surface area contributed by atoms with Crippen molar-refractivity contribution in [2.75, 3.05) is 44.5 Å². The van der Waals surface area contributed by atoms with E-state index < -0.39 is 0 Å². The smallest absolute Gasteiger partial charge is 0.253 e. The van der Waals surface area contributed by atoms with Gasteiger partial charge in [-0.05, 0) is 42.5 Å². The monoisotopic (exact) mass is 433 g/mol. The molecule has 0 atom stereocenters. The molecule has 3 aromatic rings. The Morgan fingerprint density at radius 1 is 0.781 bits per heavy atom. The third kappa shape index (κ3) is 7.05. The predicted octanol–water partition coefficient (Wildman–Crippen LogP) is 3.90. The Hall–Kier alpha value is -4.00. The summed E-state index contributed by atoms with van der Waals surface area (Å²) in [5, 5.41) is 5.88. The lowest BCUT2D eigenvalue weighted by Gasteiger charge is -2.12. The number of carbonyl (C=O) groups excluding carboxylic acids is 2. The summed E-state index contributed by atoms with van der Waals surface area (Å²) >= 11 is 0. The minimum absolute atomic E-state index is 0.0758. The zero-order valence-electron chi connectivity index (χ0n) is 18.2. The molecule has 7 nitrogen and oxygen atoms in total. The van der Waals surface area contributed by atoms with Gasteiger partial charge in [0.1, 0.15) is 24.7 Å². The molecule has 0 radical (unpaired) electrons. The summed E-state index contributed by atoms with van der Waals surface area (Å²) in [4.78, 5) is 25.9. The minimum Gasteiger partial charge on any atom is -0.490 e. The highest BCUT2D eigenvalue weighted by Crippen LogP contribution is 2.18. The number of carbonyl (C=O) groups is 2. The van der Waals surface area contributed by atoms with Gasteiger partial charge in [0, 0.05) is 37.1 Å². The number of anilines is 2. The SMILES string of the molecule is CN(C)C(=O)c1cccc(NC(=O)CNc2cccc(OCCOc3ccccc3)c2)c1. The molecule has 2 amide bonds. The summed E-state index contributed by atoms with van der Waals surface area (Å²) < 4.78 is 11.3. The average Bonchev–Trinajstić information content (AvgIpc) is 2.81. The van der Waals surface area contributed by atoms with Crippen LogP contribution in [0.5, 0.6) is 11.5 Å². The number of nitrogens with one attached hydrogen (secondary N) is 2. The van der Waals surface area contributed by atoms with Crippen molar-refractivity contribution < 1.29 is 19.1 Å². The molecular weight excluding hydrogens is 406 g/mol. The van der Waals surface area contributed by atoms with Crippen LogP contribution < -0.4 is 20.1 Å². The number of nitrogens with zero attached hydrogens (tertiary/aromatic N) is 1. The number of hydrogen-bond acceptors (Lipinski definition) is 5. The van der Waals surface area contributed by atoms with Gasteiger partial charge in [0.2, 0.25) is 5.91 Å². The second-order valence-electron chi connectivity index (χ2n) is 7.22. The van der Waals surface area contributed by atoms with Gasteiger partial charge >= 0.3 is 0 Å². The summed E-state index contributed by atoms with van der Waals surface area (Å²) in [6.45, 7) is 0.909. The van der Waals surface area contributed by atoms with Crippen LogP contribution in [-0.4, -0.2) is 50.6 Å². The first-order valence-corrected chi connectivity index (χ1v) is 10.3. The van der Waals surface area contributed by atoms with Crippen molar-refractivity contribution in [2.24, 2.45) is 0 Å². The highest BCUT2D eigenvalue weighted by molar-refractivity contribution is 5.97. The second kappa shape index (κ2) is 11.4. The molecule has 3 aromatic carbocycles. The van der Waals surface area contributed by atoms with Crippen LogP contribution in [0.25, 0.3) is 0 Å². The van der Waals surface area contributed by atoms with E-state index in [-0.39, 0.29) is 18.4 Å². The van der Waals surface area contributed by atoms with Crippen LogP contribution in [0.2, 0.25) is 0 Å². The molecule has 0 bridgehead atoms. The molecule has 0 aliphatic rings. The van der Waals surface area contributed by atoms with Crippen LogP contribution in [0.1, 0.15) is 10.4 Å². The molecule has 0 aliphatic heterocycles. The zero-order valence-corrected chi connectivity index (χ0v) is 18.2. The lowest BCUT2D eigenvalue weighted by molar-refractivity contribution is -0.114. The van der Waals surface area contributed by atoms with Crippen LogP contribution in [0.4, 0.5) is 11.4 Å². The van der Waals surface area contributed by atoms with Crippen molar-refractivity contribution in [2.45, 2.75) is 0 Å². The zero-order chi connectivity index (χ0) is 22.8. The van der Waals surface area contributed by atoms with E-state index in [1.165, 1.54) is 4.90 Å². The fourth-order valence-electron chi connectivity index (χ4n) is 2.91. The Balaban J connectivity index is 1.45. The van der Waals surface area contributed by atoms with E-state index in [4.69, 9.17) is 9.47 Å². The van der Waals surface area contributed by atoms with Gasteiger partial charge in [0.15, 0.2) is 0 Å². The van der Waals surface area contributed by atoms with Crippen LogP contribution >= 0.6 is 0 Å². The number of benzene rings is 3. The summed E-state index contributed by atoms with van der Waals surface area (Å²) in [6.07, 6.45) is 0. The van der Waals surface area contributed by atoms with Gasteiger partial charge in [0.05, 0.1) is 6.54 Å². The lowest BCUT2D eigenvalue weighted by Crippen LogP contribution is -2.23. The Kier molecular flexibility index (Phi) is 8.09. The highest BCUT2D eigenvalue weighted by atomic mass is 16.5. The van der Waals surface area contributed by atoms with Gasteiger partial charge < -0.3 is 25.0 Å². The van der Waals surface area contributed by atoms with E-state index in [1.807, 2.05) is 54.6 Å². The minimum atomic E-state index is -0.220. The molecule has 32 heavy (non-hydrogen) atoms. The van der Waals surface area contributed by atoms with Crippen LogP contribution in [0, 0.1) is 0 Å². The number of para-hydroxylation sites is 1. The largest absolute Gasteiger partial charge is 0.490 e. The summed E-state index contributed by atoms with van der Waals surface area (Å²) in [5.41, 5.74) is 1.85. The van der Waals surface area contributed by atoms with E-state index in [2.05, 4.69) is 10.6 Å². The number of ether oxygens (including phenoxy) is 2. The average molecular weight is 434 g/mol. The summed E-state index contributed by atoms with van der Waals surface area (Å²) in [7, 11) is 3.37. The molecule has 0 heterocycles. The third-order valence-electron chi connectivity index (χ3n) is 4.45. The highest BCUT2D eigenvalue weighted by Gasteiger charge is 2.09. The predicted molar refractivity (Wildman–Crippen MR) is 125 cm³/mol. The summed E-state index contributed by atoms with van der Waals surface area (Å²) in [5.74, 6) is 1.14. The van der Waals surface area contributed by atoms with E-state index in [0.717, 1.165) is 11.4 Å². The first-order chi connectivity index (χ1) is 15.5. The van der Waals surface area contributed by atoms with E-state index in [9.17, 15) is 9.59 Å². The topological polar surface area (TPSA) is 79.9 Å².